The number of nitrogens with zero attached hydrogens (tertiary/aromatic N) is 3. The van der Waals surface area contributed by atoms with E-state index in [9.17, 15) is 9.90 Å². The molecule has 0 radical (unpaired) electrons. The van der Waals surface area contributed by atoms with Crippen molar-refractivity contribution >= 4 is 32.8 Å². The summed E-state index contributed by atoms with van der Waals surface area (Å²) in [6.45, 7) is 0.470. The molecule has 3 rings (SSSR count). The molecular weight excluding hydrogens is 322 g/mol. The maximum Gasteiger partial charge on any atom is 0.339 e. The first-order valence-electron chi connectivity index (χ1n) is 6.05. The molecule has 0 bridgehead atoms. The molecule has 0 unspecified atom stereocenters. The number of aryl methyl sites for hydroxylation is 1. The Kier molecular flexibility index (Phi) is 3.10. The molecule has 20 heavy (non-hydrogen) atoms. The van der Waals surface area contributed by atoms with Gasteiger partial charge in [-0.25, -0.2) is 4.79 Å². The molecule has 0 aliphatic carbocycles. The summed E-state index contributed by atoms with van der Waals surface area (Å²) in [7, 11) is 1.75. The summed E-state index contributed by atoms with van der Waals surface area (Å²) < 4.78 is 4.62. The van der Waals surface area contributed by atoms with Crippen LogP contribution in [-0.4, -0.2) is 25.4 Å². The van der Waals surface area contributed by atoms with Crippen molar-refractivity contribution in [2.75, 3.05) is 0 Å². The topological polar surface area (TPSA) is 60.1 Å². The Morgan fingerprint density at radius 2 is 2.20 bits per heavy atom. The van der Waals surface area contributed by atoms with Gasteiger partial charge in [-0.15, -0.1) is 0 Å². The maximum atomic E-state index is 11.2. The Balaban J connectivity index is 2.08. The largest absolute Gasteiger partial charge is 0.478 e. The van der Waals surface area contributed by atoms with Crippen LogP contribution in [-0.2, 0) is 13.6 Å². The fraction of sp³-hybridized carbons (Fsp3) is 0.143. The van der Waals surface area contributed by atoms with E-state index in [1.54, 1.807) is 11.7 Å². The molecular formula is C14H12BrN3O2. The molecule has 102 valence electrons. The molecule has 0 spiro atoms. The van der Waals surface area contributed by atoms with Gasteiger partial charge in [0.05, 0.1) is 18.4 Å². The standard InChI is InChI=1S/C14H12BrN3O2/c1-17-13(11(7-16-17)14(19)20)8-18-5-4-9-2-3-10(15)6-12(9)18/h2-7H,8H2,1H3,(H,19,20). The molecule has 2 heterocycles. The lowest BCUT2D eigenvalue weighted by Crippen LogP contribution is -2.09. The first-order chi connectivity index (χ1) is 9.56. The molecule has 0 aliphatic rings. The zero-order chi connectivity index (χ0) is 14.3. The van der Waals surface area contributed by atoms with Crippen molar-refractivity contribution in [3.8, 4) is 0 Å². The Labute approximate surface area is 123 Å². The summed E-state index contributed by atoms with van der Waals surface area (Å²) in [5.41, 5.74) is 1.97. The Bertz CT molecular complexity index is 804. The minimum Gasteiger partial charge on any atom is -0.478 e. The predicted octanol–water partition coefficient (Wildman–Crippen LogP) is 2.88. The summed E-state index contributed by atoms with van der Waals surface area (Å²) in [5.74, 6) is -0.953. The zero-order valence-corrected chi connectivity index (χ0v) is 12.3. The second kappa shape index (κ2) is 4.79. The minimum absolute atomic E-state index is 0.240. The SMILES string of the molecule is Cn1ncc(C(=O)O)c1Cn1ccc2ccc(Br)cc21. The zero-order valence-electron chi connectivity index (χ0n) is 10.7. The van der Waals surface area contributed by atoms with Gasteiger partial charge in [0, 0.05) is 23.2 Å². The van der Waals surface area contributed by atoms with Crippen LogP contribution in [0.25, 0.3) is 10.9 Å². The average molecular weight is 334 g/mol. The highest BCUT2D eigenvalue weighted by atomic mass is 79.9. The maximum absolute atomic E-state index is 11.2. The molecule has 1 N–H and O–H groups in total. The third-order valence-corrected chi connectivity index (χ3v) is 3.84. The van der Waals surface area contributed by atoms with Crippen molar-refractivity contribution in [1.29, 1.82) is 0 Å². The van der Waals surface area contributed by atoms with Gasteiger partial charge in [0.15, 0.2) is 0 Å². The van der Waals surface area contributed by atoms with Gasteiger partial charge in [0.25, 0.3) is 0 Å². The van der Waals surface area contributed by atoms with Gasteiger partial charge in [-0.3, -0.25) is 4.68 Å². The monoisotopic (exact) mass is 333 g/mol. The summed E-state index contributed by atoms with van der Waals surface area (Å²) in [6, 6.07) is 8.04. The summed E-state index contributed by atoms with van der Waals surface area (Å²) >= 11 is 3.46. The lowest BCUT2D eigenvalue weighted by molar-refractivity contribution is 0.0695. The smallest absolute Gasteiger partial charge is 0.339 e. The Morgan fingerprint density at radius 1 is 1.40 bits per heavy atom. The van der Waals surface area contributed by atoms with Crippen LogP contribution < -0.4 is 0 Å². The van der Waals surface area contributed by atoms with E-state index in [2.05, 4.69) is 21.0 Å². The molecule has 0 atom stereocenters. The van der Waals surface area contributed by atoms with E-state index < -0.39 is 5.97 Å². The van der Waals surface area contributed by atoms with Crippen molar-refractivity contribution in [2.24, 2.45) is 7.05 Å². The predicted molar refractivity (Wildman–Crippen MR) is 78.9 cm³/mol. The number of carboxylic acid groups (broad SMARTS) is 1. The van der Waals surface area contributed by atoms with Crippen LogP contribution in [0, 0.1) is 0 Å². The second-order valence-corrected chi connectivity index (χ2v) is 5.50. The molecule has 1 aromatic carbocycles. The third-order valence-electron chi connectivity index (χ3n) is 3.35. The van der Waals surface area contributed by atoms with Gasteiger partial charge in [0.2, 0.25) is 0 Å². The van der Waals surface area contributed by atoms with E-state index >= 15 is 0 Å². The van der Waals surface area contributed by atoms with Gasteiger partial charge < -0.3 is 9.67 Å². The summed E-state index contributed by atoms with van der Waals surface area (Å²) in [4.78, 5) is 11.2. The van der Waals surface area contributed by atoms with Crippen LogP contribution in [0.2, 0.25) is 0 Å². The number of fused-ring (bicyclic) bond motifs is 1. The average Bonchev–Trinajstić information content (AvgIpc) is 2.95. The van der Waals surface area contributed by atoms with Crippen molar-refractivity contribution in [3.05, 3.63) is 52.4 Å². The van der Waals surface area contributed by atoms with Crippen LogP contribution in [0.15, 0.2) is 41.1 Å². The molecule has 2 aromatic heterocycles. The molecule has 5 nitrogen and oxygen atoms in total. The normalized spacial score (nSPS) is 11.1. The van der Waals surface area contributed by atoms with Crippen molar-refractivity contribution in [1.82, 2.24) is 14.3 Å². The van der Waals surface area contributed by atoms with Gasteiger partial charge in [-0.05, 0) is 23.6 Å². The van der Waals surface area contributed by atoms with Gasteiger partial charge in [0.1, 0.15) is 5.56 Å². The van der Waals surface area contributed by atoms with Gasteiger partial charge >= 0.3 is 5.97 Å². The van der Waals surface area contributed by atoms with Gasteiger partial charge in [-0.2, -0.15) is 5.10 Å². The van der Waals surface area contributed by atoms with Crippen molar-refractivity contribution in [2.45, 2.75) is 6.54 Å². The van der Waals surface area contributed by atoms with Crippen molar-refractivity contribution < 1.29 is 9.90 Å². The first kappa shape index (κ1) is 12.9. The molecule has 0 aliphatic heterocycles. The fourth-order valence-electron chi connectivity index (χ4n) is 2.29. The van der Waals surface area contributed by atoms with E-state index in [-0.39, 0.29) is 5.56 Å². The number of aromatic nitrogens is 3. The first-order valence-corrected chi connectivity index (χ1v) is 6.84. The minimum atomic E-state index is -0.953. The highest BCUT2D eigenvalue weighted by molar-refractivity contribution is 9.10. The molecule has 0 saturated heterocycles. The lowest BCUT2D eigenvalue weighted by Gasteiger charge is -2.07. The summed E-state index contributed by atoms with van der Waals surface area (Å²) in [6.07, 6.45) is 3.34. The highest BCUT2D eigenvalue weighted by Crippen LogP contribution is 2.22. The van der Waals surface area contributed by atoms with E-state index in [1.165, 1.54) is 6.20 Å². The number of carboxylic acids is 1. The molecule has 0 fully saturated rings. The quantitative estimate of drug-likeness (QED) is 0.801. The molecule has 0 amide bonds. The number of benzene rings is 1. The number of carbonyl (C=O) groups is 1. The molecule has 3 aromatic rings. The van der Waals surface area contributed by atoms with Crippen LogP contribution in [0.3, 0.4) is 0 Å². The number of hydrogen-bond donors (Lipinski definition) is 1. The van der Waals surface area contributed by atoms with Gasteiger partial charge in [-0.1, -0.05) is 22.0 Å². The second-order valence-electron chi connectivity index (χ2n) is 4.58. The Hall–Kier alpha value is -2.08. The number of rotatable bonds is 3. The number of hydrogen-bond acceptors (Lipinski definition) is 2. The summed E-state index contributed by atoms with van der Waals surface area (Å²) in [5, 5.41) is 14.3. The molecule has 0 saturated carbocycles. The van der Waals surface area contributed by atoms with Crippen molar-refractivity contribution in [3.63, 3.8) is 0 Å². The van der Waals surface area contributed by atoms with Crippen LogP contribution in [0.4, 0.5) is 0 Å². The number of aromatic carboxylic acids is 1. The Morgan fingerprint density at radius 3 is 2.95 bits per heavy atom. The lowest BCUT2D eigenvalue weighted by atomic mass is 10.2. The van der Waals surface area contributed by atoms with E-state index in [0.717, 1.165) is 15.4 Å². The van der Waals surface area contributed by atoms with E-state index in [4.69, 9.17) is 0 Å². The fourth-order valence-corrected chi connectivity index (χ4v) is 2.63. The highest BCUT2D eigenvalue weighted by Gasteiger charge is 2.16. The van der Waals surface area contributed by atoms with E-state index in [1.807, 2.05) is 35.0 Å². The number of halogens is 1. The van der Waals surface area contributed by atoms with E-state index in [0.29, 0.717) is 12.2 Å². The van der Waals surface area contributed by atoms with Crippen LogP contribution >= 0.6 is 15.9 Å². The third kappa shape index (κ3) is 2.12. The molecule has 6 heteroatoms. The van der Waals surface area contributed by atoms with Crippen LogP contribution in [0.5, 0.6) is 0 Å². The van der Waals surface area contributed by atoms with Crippen LogP contribution in [0.1, 0.15) is 16.1 Å².